The molecule has 1 aliphatic rings. The van der Waals surface area contributed by atoms with Crippen LogP contribution in [0, 0.1) is 11.3 Å². The molecule has 0 fully saturated rings. The summed E-state index contributed by atoms with van der Waals surface area (Å²) in [6.45, 7) is 3.99. The van der Waals surface area contributed by atoms with E-state index in [4.69, 9.17) is 13.6 Å². The smallest absolute Gasteiger partial charge is 0.299 e. The summed E-state index contributed by atoms with van der Waals surface area (Å²) in [6.07, 6.45) is 0.671. The van der Waals surface area contributed by atoms with Crippen LogP contribution in [0.15, 0.2) is 69.7 Å². The third-order valence-electron chi connectivity index (χ3n) is 5.61. The molecule has 0 saturated carbocycles. The van der Waals surface area contributed by atoms with Crippen LogP contribution < -0.4 is 9.64 Å². The topological polar surface area (TPSA) is 95.7 Å². The molecule has 5 rings (SSSR count). The first-order valence-electron chi connectivity index (χ1n) is 10.0. The van der Waals surface area contributed by atoms with Crippen LogP contribution >= 0.6 is 0 Å². The molecule has 2 atom stereocenters. The van der Waals surface area contributed by atoms with E-state index in [1.54, 1.807) is 24.5 Å². The third-order valence-corrected chi connectivity index (χ3v) is 5.61. The lowest BCUT2D eigenvalue weighted by molar-refractivity contribution is -0.0597. The minimum absolute atomic E-state index is 0.313. The van der Waals surface area contributed by atoms with Crippen LogP contribution in [0.5, 0.6) is 5.75 Å². The number of benzene rings is 2. The Morgan fingerprint density at radius 3 is 2.74 bits per heavy atom. The molecule has 1 aliphatic heterocycles. The molecule has 2 aromatic carbocycles. The van der Waals surface area contributed by atoms with Gasteiger partial charge in [-0.2, -0.15) is 10.2 Å². The molecule has 0 aliphatic carbocycles. The highest BCUT2D eigenvalue weighted by Crippen LogP contribution is 2.45. The van der Waals surface area contributed by atoms with E-state index in [1.165, 1.54) is 0 Å². The zero-order valence-corrected chi connectivity index (χ0v) is 17.1. The second kappa shape index (κ2) is 7.18. The van der Waals surface area contributed by atoms with Gasteiger partial charge in [0.2, 0.25) is 0 Å². The van der Waals surface area contributed by atoms with Crippen molar-refractivity contribution < 1.29 is 18.7 Å². The van der Waals surface area contributed by atoms with Crippen LogP contribution in [0.4, 0.5) is 6.01 Å². The van der Waals surface area contributed by atoms with Gasteiger partial charge in [0.25, 0.3) is 6.01 Å². The molecule has 7 heteroatoms. The van der Waals surface area contributed by atoms with Crippen molar-refractivity contribution in [2.45, 2.75) is 38.1 Å². The van der Waals surface area contributed by atoms with E-state index < -0.39 is 17.7 Å². The zero-order chi connectivity index (χ0) is 21.6. The number of oxazole rings is 1. The molecule has 2 unspecified atom stereocenters. The summed E-state index contributed by atoms with van der Waals surface area (Å²) in [5, 5.41) is 20.8. The van der Waals surface area contributed by atoms with Gasteiger partial charge < -0.3 is 23.6 Å². The number of aliphatic hydroxyl groups is 1. The molecule has 1 N–H and O–H groups in total. The van der Waals surface area contributed by atoms with Crippen molar-refractivity contribution in [2.75, 3.05) is 4.90 Å². The second-order valence-electron chi connectivity index (χ2n) is 8.13. The molecule has 2 aromatic heterocycles. The number of nitriles is 1. The van der Waals surface area contributed by atoms with Crippen LogP contribution in [0.2, 0.25) is 0 Å². The number of aromatic nitrogens is 1. The number of nitrogens with zero attached hydrogens (tertiary/aromatic N) is 3. The normalized spacial score (nSPS) is 19.4. The average molecular weight is 415 g/mol. The van der Waals surface area contributed by atoms with Crippen molar-refractivity contribution in [3.05, 3.63) is 77.7 Å². The first-order chi connectivity index (χ1) is 15.0. The molecule has 0 radical (unpaired) electrons. The molecule has 0 amide bonds. The van der Waals surface area contributed by atoms with Gasteiger partial charge in [-0.1, -0.05) is 12.1 Å². The number of aliphatic hydroxyl groups excluding tert-OH is 1. The number of furan rings is 1. The molecule has 0 spiro atoms. The van der Waals surface area contributed by atoms with Crippen molar-refractivity contribution in [1.29, 1.82) is 5.26 Å². The molecule has 7 nitrogen and oxygen atoms in total. The average Bonchev–Trinajstić information content (AvgIpc) is 3.42. The Hall–Kier alpha value is -3.76. The summed E-state index contributed by atoms with van der Waals surface area (Å²) in [5.74, 6) is 1.30. The fraction of sp³-hybridized carbons (Fsp3) is 0.250. The molecule has 0 saturated heterocycles. The Labute approximate surface area is 179 Å². The van der Waals surface area contributed by atoms with E-state index in [9.17, 15) is 10.4 Å². The van der Waals surface area contributed by atoms with Gasteiger partial charge in [0.15, 0.2) is 5.58 Å². The summed E-state index contributed by atoms with van der Waals surface area (Å²) in [6, 6.07) is 18.3. The quantitative estimate of drug-likeness (QED) is 0.521. The maximum atomic E-state index is 11.4. The first kappa shape index (κ1) is 19.2. The third kappa shape index (κ3) is 3.31. The number of anilines is 1. The highest BCUT2D eigenvalue weighted by Gasteiger charge is 2.47. The van der Waals surface area contributed by atoms with Gasteiger partial charge in [0.1, 0.15) is 28.7 Å². The number of ether oxygens (including phenoxy) is 1. The molecular weight excluding hydrogens is 394 g/mol. The predicted molar refractivity (Wildman–Crippen MR) is 114 cm³/mol. The van der Waals surface area contributed by atoms with E-state index in [1.807, 2.05) is 55.1 Å². The van der Waals surface area contributed by atoms with Crippen LogP contribution in [0.3, 0.4) is 0 Å². The largest absolute Gasteiger partial charge is 0.485 e. The number of rotatable bonds is 4. The van der Waals surface area contributed by atoms with Crippen LogP contribution in [0.25, 0.3) is 11.1 Å². The highest BCUT2D eigenvalue weighted by atomic mass is 16.5. The Kier molecular flexibility index (Phi) is 4.45. The maximum Gasteiger partial charge on any atom is 0.299 e. The van der Waals surface area contributed by atoms with E-state index in [-0.39, 0.29) is 0 Å². The fourth-order valence-electron chi connectivity index (χ4n) is 4.01. The van der Waals surface area contributed by atoms with Gasteiger partial charge in [-0.25, -0.2) is 0 Å². The number of hydrogen-bond donors (Lipinski definition) is 1. The molecule has 4 aromatic rings. The summed E-state index contributed by atoms with van der Waals surface area (Å²) < 4.78 is 17.8. The SMILES string of the molecule is CC1(C)Oc2ccc(C#N)cc2C(N(Cc2ccco2)c2nc3ccccc3o2)C1O. The van der Waals surface area contributed by atoms with Crippen LogP contribution in [-0.4, -0.2) is 21.8 Å². The van der Waals surface area contributed by atoms with Crippen molar-refractivity contribution in [1.82, 2.24) is 4.98 Å². The van der Waals surface area contributed by atoms with Crippen molar-refractivity contribution in [3.8, 4) is 11.8 Å². The zero-order valence-electron chi connectivity index (χ0n) is 17.1. The Bertz CT molecular complexity index is 1240. The first-order valence-corrected chi connectivity index (χ1v) is 10.0. The van der Waals surface area contributed by atoms with Crippen LogP contribution in [-0.2, 0) is 6.54 Å². The lowest BCUT2D eigenvalue weighted by atomic mass is 9.85. The van der Waals surface area contributed by atoms with Crippen LogP contribution in [0.1, 0.15) is 36.8 Å². The summed E-state index contributed by atoms with van der Waals surface area (Å²) in [4.78, 5) is 6.54. The molecule has 0 bridgehead atoms. The van der Waals surface area contributed by atoms with E-state index in [0.717, 1.165) is 0 Å². The molecular formula is C24H21N3O4. The van der Waals surface area contributed by atoms with E-state index >= 15 is 0 Å². The monoisotopic (exact) mass is 415 g/mol. The number of fused-ring (bicyclic) bond motifs is 2. The van der Waals surface area contributed by atoms with Gasteiger partial charge in [-0.15, -0.1) is 0 Å². The summed E-state index contributed by atoms with van der Waals surface area (Å²) in [5.41, 5.74) is 1.66. The molecule has 31 heavy (non-hydrogen) atoms. The lowest BCUT2D eigenvalue weighted by Gasteiger charge is -2.45. The van der Waals surface area contributed by atoms with Gasteiger partial charge in [-0.3, -0.25) is 0 Å². The van der Waals surface area contributed by atoms with Gasteiger partial charge in [0, 0.05) is 5.56 Å². The summed E-state index contributed by atoms with van der Waals surface area (Å²) in [7, 11) is 0. The second-order valence-corrected chi connectivity index (χ2v) is 8.13. The van der Waals surface area contributed by atoms with Crippen molar-refractivity contribution in [2.24, 2.45) is 0 Å². The fourth-order valence-corrected chi connectivity index (χ4v) is 4.01. The Morgan fingerprint density at radius 1 is 1.16 bits per heavy atom. The van der Waals surface area contributed by atoms with Gasteiger partial charge in [0.05, 0.1) is 30.5 Å². The lowest BCUT2D eigenvalue weighted by Crippen LogP contribution is -2.53. The maximum absolute atomic E-state index is 11.4. The van der Waals surface area contributed by atoms with Crippen molar-refractivity contribution >= 4 is 17.1 Å². The van der Waals surface area contributed by atoms with E-state index in [0.29, 0.717) is 46.3 Å². The Morgan fingerprint density at radius 2 is 2.00 bits per heavy atom. The molecule has 156 valence electrons. The number of hydrogen-bond acceptors (Lipinski definition) is 7. The minimum atomic E-state index is -0.932. The standard InChI is InChI=1S/C24H21N3O4/c1-24(2)22(28)21(17-12-15(13-25)9-10-19(17)31-24)27(14-16-6-5-11-29-16)23-26-18-7-3-4-8-20(18)30-23/h3-12,21-22,28H,14H2,1-2H3. The Balaban J connectivity index is 1.70. The number of para-hydroxylation sites is 2. The highest BCUT2D eigenvalue weighted by molar-refractivity contribution is 5.74. The predicted octanol–water partition coefficient (Wildman–Crippen LogP) is 4.57. The molecule has 3 heterocycles. The minimum Gasteiger partial charge on any atom is -0.485 e. The summed E-state index contributed by atoms with van der Waals surface area (Å²) >= 11 is 0. The van der Waals surface area contributed by atoms with E-state index in [2.05, 4.69) is 11.1 Å². The van der Waals surface area contributed by atoms with Gasteiger partial charge in [-0.05, 0) is 56.3 Å². The van der Waals surface area contributed by atoms with Crippen molar-refractivity contribution in [3.63, 3.8) is 0 Å². The van der Waals surface area contributed by atoms with Gasteiger partial charge >= 0.3 is 0 Å².